The number of allylic oxidation sites excluding steroid dienone is 5. The predicted molar refractivity (Wildman–Crippen MR) is 118 cm³/mol. The lowest BCUT2D eigenvalue weighted by molar-refractivity contribution is 0.104. The van der Waals surface area contributed by atoms with Gasteiger partial charge in [-0.15, -0.1) is 0 Å². The lowest BCUT2D eigenvalue weighted by Crippen LogP contribution is -2.23. The number of ketones is 1. The highest BCUT2D eigenvalue weighted by molar-refractivity contribution is 7.89. The fraction of sp³-hybridized carbons (Fsp3) is 0.182. The Morgan fingerprint density at radius 1 is 1.10 bits per heavy atom. The Balaban J connectivity index is 2.33. The number of carbonyl (C=O) groups is 1. The summed E-state index contributed by atoms with van der Waals surface area (Å²) >= 11 is 5.97. The number of carbonyl (C=O) groups excluding carboxylic acids is 1. The highest BCUT2D eigenvalue weighted by Crippen LogP contribution is 2.18. The molecule has 0 saturated heterocycles. The summed E-state index contributed by atoms with van der Waals surface area (Å²) in [4.78, 5) is 16.4. The summed E-state index contributed by atoms with van der Waals surface area (Å²) in [6, 6.07) is 9.11. The minimum absolute atomic E-state index is 0.0270. The van der Waals surface area contributed by atoms with Gasteiger partial charge in [0.15, 0.2) is 5.78 Å². The van der Waals surface area contributed by atoms with E-state index in [0.717, 1.165) is 0 Å². The first-order chi connectivity index (χ1) is 14.2. The number of rotatable bonds is 9. The van der Waals surface area contributed by atoms with Crippen LogP contribution in [0.2, 0.25) is 0 Å². The largest absolute Gasteiger partial charge is 0.491 e. The second-order valence-corrected chi connectivity index (χ2v) is 8.57. The fourth-order valence-electron chi connectivity index (χ4n) is 2.30. The van der Waals surface area contributed by atoms with Gasteiger partial charge in [0, 0.05) is 29.1 Å². The number of pyridine rings is 1. The number of sulfonamides is 1. The van der Waals surface area contributed by atoms with Gasteiger partial charge in [-0.2, -0.15) is 0 Å². The van der Waals surface area contributed by atoms with Crippen LogP contribution in [0.3, 0.4) is 0 Å². The van der Waals surface area contributed by atoms with Crippen LogP contribution in [0, 0.1) is 0 Å². The summed E-state index contributed by atoms with van der Waals surface area (Å²) in [5.41, 5.74) is 0.446. The van der Waals surface area contributed by atoms with Crippen molar-refractivity contribution in [3.05, 3.63) is 89.4 Å². The number of halogens is 1. The summed E-state index contributed by atoms with van der Waals surface area (Å²) in [6.45, 7) is 5.50. The maximum absolute atomic E-state index is 12.8. The zero-order valence-corrected chi connectivity index (χ0v) is 18.4. The third-order valence-electron chi connectivity index (χ3n) is 3.71. The molecule has 0 aliphatic carbocycles. The Morgan fingerprint density at radius 2 is 1.73 bits per heavy atom. The minimum atomic E-state index is -3.94. The van der Waals surface area contributed by atoms with Crippen molar-refractivity contribution >= 4 is 27.4 Å². The molecule has 158 valence electrons. The van der Waals surface area contributed by atoms with E-state index in [1.165, 1.54) is 42.8 Å². The molecule has 8 heteroatoms. The van der Waals surface area contributed by atoms with E-state index in [1.807, 2.05) is 13.8 Å². The van der Waals surface area contributed by atoms with Crippen LogP contribution in [0.4, 0.5) is 0 Å². The van der Waals surface area contributed by atoms with Gasteiger partial charge in [-0.3, -0.25) is 14.5 Å². The summed E-state index contributed by atoms with van der Waals surface area (Å²) < 4.78 is 33.6. The Labute approximate surface area is 182 Å². The summed E-state index contributed by atoms with van der Waals surface area (Å²) in [5, 5.41) is 0.395. The molecule has 30 heavy (non-hydrogen) atoms. The molecule has 0 fully saturated rings. The molecule has 1 N–H and O–H groups in total. The molecule has 0 unspecified atom stereocenters. The summed E-state index contributed by atoms with van der Waals surface area (Å²) in [6.07, 6.45) is 8.70. The van der Waals surface area contributed by atoms with Crippen molar-refractivity contribution in [3.8, 4) is 5.75 Å². The molecule has 2 aromatic rings. The van der Waals surface area contributed by atoms with Gasteiger partial charge in [-0.1, -0.05) is 17.7 Å². The smallest absolute Gasteiger partial charge is 0.261 e. The zero-order chi connectivity index (χ0) is 22.1. The van der Waals surface area contributed by atoms with Gasteiger partial charge in [0.1, 0.15) is 5.75 Å². The second-order valence-electron chi connectivity index (χ2n) is 6.45. The Hall–Kier alpha value is -2.90. The molecule has 0 aliphatic rings. The SMILES string of the molecule is C\C=C(Cl)/C=C\C(=C\C(=O)c1ccncc1)NS(=O)(=O)c1ccc(OC(C)C)cc1. The van der Waals surface area contributed by atoms with E-state index in [9.17, 15) is 13.2 Å². The molecular formula is C22H23ClN2O4S. The first-order valence-electron chi connectivity index (χ1n) is 9.17. The van der Waals surface area contributed by atoms with Crippen LogP contribution < -0.4 is 9.46 Å². The number of hydrogen-bond acceptors (Lipinski definition) is 5. The number of benzene rings is 1. The van der Waals surface area contributed by atoms with Crippen LogP contribution in [-0.2, 0) is 10.0 Å². The molecular weight excluding hydrogens is 424 g/mol. The molecule has 0 aliphatic heterocycles. The van der Waals surface area contributed by atoms with E-state index < -0.39 is 10.0 Å². The molecule has 0 atom stereocenters. The first kappa shape index (κ1) is 23.4. The Morgan fingerprint density at radius 3 is 2.30 bits per heavy atom. The lowest BCUT2D eigenvalue weighted by atomic mass is 10.1. The molecule has 0 amide bonds. The van der Waals surface area contributed by atoms with E-state index >= 15 is 0 Å². The van der Waals surface area contributed by atoms with Crippen LogP contribution in [0.5, 0.6) is 5.75 Å². The van der Waals surface area contributed by atoms with Gasteiger partial charge in [0.25, 0.3) is 10.0 Å². The van der Waals surface area contributed by atoms with Crippen molar-refractivity contribution in [2.45, 2.75) is 31.8 Å². The maximum Gasteiger partial charge on any atom is 0.261 e. The van der Waals surface area contributed by atoms with Crippen molar-refractivity contribution in [3.63, 3.8) is 0 Å². The maximum atomic E-state index is 12.8. The fourth-order valence-corrected chi connectivity index (χ4v) is 3.41. The van der Waals surface area contributed by atoms with Crippen LogP contribution >= 0.6 is 11.6 Å². The molecule has 2 rings (SSSR count). The Bertz CT molecular complexity index is 1060. The van der Waals surface area contributed by atoms with Gasteiger partial charge >= 0.3 is 0 Å². The number of ether oxygens (including phenoxy) is 1. The standard InChI is InChI=1S/C22H23ClN2O4S/c1-4-18(23)5-6-19(15-22(26)17-11-13-24-14-12-17)25-30(27,28)21-9-7-20(8-10-21)29-16(2)3/h4-16,25H,1-3H3/b6-5-,18-4+,19-15-. The molecule has 0 radical (unpaired) electrons. The van der Waals surface area contributed by atoms with E-state index in [-0.39, 0.29) is 22.5 Å². The van der Waals surface area contributed by atoms with E-state index in [0.29, 0.717) is 16.3 Å². The number of aromatic nitrogens is 1. The minimum Gasteiger partial charge on any atom is -0.491 e. The summed E-state index contributed by atoms with van der Waals surface area (Å²) in [7, 11) is -3.94. The highest BCUT2D eigenvalue weighted by Gasteiger charge is 2.16. The van der Waals surface area contributed by atoms with Crippen LogP contribution in [0.25, 0.3) is 0 Å². The van der Waals surface area contributed by atoms with E-state index in [1.54, 1.807) is 37.3 Å². The molecule has 0 spiro atoms. The molecule has 0 bridgehead atoms. The van der Waals surface area contributed by atoms with E-state index in [2.05, 4.69) is 9.71 Å². The predicted octanol–water partition coefficient (Wildman–Crippen LogP) is 4.61. The Kier molecular flexibility index (Phi) is 8.38. The van der Waals surface area contributed by atoms with Crippen molar-refractivity contribution in [1.29, 1.82) is 0 Å². The van der Waals surface area contributed by atoms with Gasteiger partial charge in [-0.25, -0.2) is 8.42 Å². The molecule has 1 aromatic carbocycles. The summed E-state index contributed by atoms with van der Waals surface area (Å²) in [5.74, 6) is 0.185. The topological polar surface area (TPSA) is 85.4 Å². The first-order valence-corrected chi connectivity index (χ1v) is 11.0. The van der Waals surface area contributed by atoms with E-state index in [4.69, 9.17) is 16.3 Å². The van der Waals surface area contributed by atoms with Crippen LogP contribution in [0.15, 0.2) is 88.7 Å². The second kappa shape index (κ2) is 10.8. The molecule has 1 aromatic heterocycles. The average molecular weight is 447 g/mol. The van der Waals surface area contributed by atoms with Gasteiger partial charge in [0.05, 0.1) is 16.7 Å². The third-order valence-corrected chi connectivity index (χ3v) is 5.45. The normalized spacial score (nSPS) is 13.0. The zero-order valence-electron chi connectivity index (χ0n) is 16.9. The average Bonchev–Trinajstić information content (AvgIpc) is 2.72. The monoisotopic (exact) mass is 446 g/mol. The lowest BCUT2D eigenvalue weighted by Gasteiger charge is -2.12. The van der Waals surface area contributed by atoms with Crippen LogP contribution in [-0.4, -0.2) is 25.3 Å². The number of nitrogens with zero attached hydrogens (tertiary/aromatic N) is 1. The van der Waals surface area contributed by atoms with Gasteiger partial charge in [-0.05, 0) is 69.3 Å². The van der Waals surface area contributed by atoms with Gasteiger partial charge < -0.3 is 4.74 Å². The molecule has 0 saturated carbocycles. The van der Waals surface area contributed by atoms with Crippen molar-refractivity contribution < 1.29 is 17.9 Å². The number of nitrogens with one attached hydrogen (secondary N) is 1. The van der Waals surface area contributed by atoms with Crippen molar-refractivity contribution in [1.82, 2.24) is 9.71 Å². The quantitative estimate of drug-likeness (QED) is 0.345. The molecule has 6 nitrogen and oxygen atoms in total. The van der Waals surface area contributed by atoms with Crippen molar-refractivity contribution in [2.24, 2.45) is 0 Å². The van der Waals surface area contributed by atoms with Gasteiger partial charge in [0.2, 0.25) is 0 Å². The highest BCUT2D eigenvalue weighted by atomic mass is 35.5. The number of hydrogen-bond donors (Lipinski definition) is 1. The third kappa shape index (κ3) is 7.17. The molecule has 1 heterocycles. The van der Waals surface area contributed by atoms with Crippen molar-refractivity contribution in [2.75, 3.05) is 0 Å². The van der Waals surface area contributed by atoms with Crippen LogP contribution in [0.1, 0.15) is 31.1 Å².